The Bertz CT molecular complexity index is 807. The van der Waals surface area contributed by atoms with Crippen LogP contribution in [0.4, 0.5) is 0 Å². The third-order valence-corrected chi connectivity index (χ3v) is 6.41. The van der Waals surface area contributed by atoms with E-state index in [1.165, 1.54) is 9.79 Å². The average molecular weight is 443 g/mol. The van der Waals surface area contributed by atoms with E-state index in [0.29, 0.717) is 6.42 Å². The number of halogens is 1. The molecule has 0 aliphatic heterocycles. The highest BCUT2D eigenvalue weighted by atomic mass is 79.9. The van der Waals surface area contributed by atoms with Crippen LogP contribution in [0.3, 0.4) is 0 Å². The molecule has 0 amide bonds. The van der Waals surface area contributed by atoms with Crippen LogP contribution in [0.15, 0.2) is 110 Å². The summed E-state index contributed by atoms with van der Waals surface area (Å²) < 4.78 is 2.15. The Hall–Kier alpha value is -1.46. The second-order valence-corrected chi connectivity index (χ2v) is 9.06. The van der Waals surface area contributed by atoms with Crippen LogP contribution in [0.5, 0.6) is 0 Å². The van der Waals surface area contributed by atoms with Crippen LogP contribution in [-0.2, 0) is 0 Å². The van der Waals surface area contributed by atoms with Gasteiger partial charge in [0.05, 0.1) is 6.10 Å². The number of hydrogen-bond donors (Lipinski definition) is 1. The SMILES string of the molecule is O[C@H](CC=C(Sc1ccccc1)Sc1ccccc1)c1cccc(Br)c1. The third-order valence-electron chi connectivity index (χ3n) is 3.66. The predicted molar refractivity (Wildman–Crippen MR) is 116 cm³/mol. The predicted octanol–water partition coefficient (Wildman–Crippen LogP) is 7.30. The van der Waals surface area contributed by atoms with Gasteiger partial charge in [0.15, 0.2) is 0 Å². The fourth-order valence-electron chi connectivity index (χ4n) is 2.37. The fourth-order valence-corrected chi connectivity index (χ4v) is 4.94. The maximum absolute atomic E-state index is 10.5. The largest absolute Gasteiger partial charge is 0.388 e. The van der Waals surface area contributed by atoms with E-state index < -0.39 is 6.10 Å². The molecule has 0 fully saturated rings. The Kier molecular flexibility index (Phi) is 7.44. The van der Waals surface area contributed by atoms with Crippen LogP contribution in [0.1, 0.15) is 18.1 Å². The van der Waals surface area contributed by atoms with Crippen molar-refractivity contribution in [3.05, 3.63) is 105 Å². The summed E-state index contributed by atoms with van der Waals surface area (Å²) in [6.45, 7) is 0. The zero-order valence-electron chi connectivity index (χ0n) is 14.1. The highest BCUT2D eigenvalue weighted by Crippen LogP contribution is 2.40. The summed E-state index contributed by atoms with van der Waals surface area (Å²) in [5.41, 5.74) is 0.921. The van der Waals surface area contributed by atoms with Crippen LogP contribution in [0.2, 0.25) is 0 Å². The van der Waals surface area contributed by atoms with Gasteiger partial charge >= 0.3 is 0 Å². The summed E-state index contributed by atoms with van der Waals surface area (Å²) in [5, 5.41) is 10.5. The summed E-state index contributed by atoms with van der Waals surface area (Å²) in [6.07, 6.45) is 2.18. The minimum atomic E-state index is -0.518. The summed E-state index contributed by atoms with van der Waals surface area (Å²) in [5.74, 6) is 0. The normalized spacial score (nSPS) is 11.8. The molecule has 0 aliphatic rings. The lowest BCUT2D eigenvalue weighted by Gasteiger charge is -2.11. The molecule has 1 atom stereocenters. The van der Waals surface area contributed by atoms with Gasteiger partial charge in [-0.3, -0.25) is 0 Å². The van der Waals surface area contributed by atoms with Gasteiger partial charge in [0.25, 0.3) is 0 Å². The maximum Gasteiger partial charge on any atom is 0.0825 e. The highest BCUT2D eigenvalue weighted by molar-refractivity contribution is 9.10. The minimum absolute atomic E-state index is 0.518. The van der Waals surface area contributed by atoms with Crippen molar-refractivity contribution < 1.29 is 5.11 Å². The fraction of sp³-hybridized carbons (Fsp3) is 0.0909. The van der Waals surface area contributed by atoms with E-state index in [1.54, 1.807) is 23.5 Å². The van der Waals surface area contributed by atoms with Gasteiger partial charge in [0, 0.05) is 18.5 Å². The van der Waals surface area contributed by atoms with E-state index in [0.717, 1.165) is 14.3 Å². The molecule has 4 heteroatoms. The zero-order chi connectivity index (χ0) is 18.2. The Labute approximate surface area is 171 Å². The van der Waals surface area contributed by atoms with Crippen molar-refractivity contribution in [3.63, 3.8) is 0 Å². The first-order valence-corrected chi connectivity index (χ1v) is 10.7. The third kappa shape index (κ3) is 6.06. The van der Waals surface area contributed by atoms with E-state index in [4.69, 9.17) is 0 Å². The van der Waals surface area contributed by atoms with Gasteiger partial charge in [0.1, 0.15) is 0 Å². The monoisotopic (exact) mass is 442 g/mol. The summed E-state index contributed by atoms with van der Waals surface area (Å²) in [6, 6.07) is 28.5. The van der Waals surface area contributed by atoms with Crippen LogP contribution < -0.4 is 0 Å². The van der Waals surface area contributed by atoms with E-state index >= 15 is 0 Å². The lowest BCUT2D eigenvalue weighted by atomic mass is 10.1. The number of benzene rings is 3. The molecule has 0 aliphatic carbocycles. The van der Waals surface area contributed by atoms with Gasteiger partial charge in [-0.25, -0.2) is 0 Å². The maximum atomic E-state index is 10.5. The van der Waals surface area contributed by atoms with Crippen LogP contribution >= 0.6 is 39.5 Å². The Morgan fingerprint density at radius 1 is 0.846 bits per heavy atom. The molecule has 3 rings (SSSR count). The molecule has 0 bridgehead atoms. The van der Waals surface area contributed by atoms with E-state index in [2.05, 4.69) is 46.3 Å². The molecule has 3 aromatic rings. The molecule has 0 saturated heterocycles. The van der Waals surface area contributed by atoms with Crippen molar-refractivity contribution in [1.29, 1.82) is 0 Å². The van der Waals surface area contributed by atoms with Crippen molar-refractivity contribution in [2.45, 2.75) is 22.3 Å². The molecule has 1 nitrogen and oxygen atoms in total. The lowest BCUT2D eigenvalue weighted by Crippen LogP contribution is -1.95. The number of thioether (sulfide) groups is 2. The van der Waals surface area contributed by atoms with Gasteiger partial charge in [-0.05, 0) is 48.4 Å². The van der Waals surface area contributed by atoms with Crippen molar-refractivity contribution in [2.24, 2.45) is 0 Å². The second-order valence-electron chi connectivity index (χ2n) is 5.66. The molecule has 0 heterocycles. The van der Waals surface area contributed by atoms with Crippen molar-refractivity contribution in [2.75, 3.05) is 0 Å². The van der Waals surface area contributed by atoms with Gasteiger partial charge < -0.3 is 5.11 Å². The molecular formula is C22H19BrOS2. The first-order chi connectivity index (χ1) is 12.7. The first kappa shape index (κ1) is 19.3. The van der Waals surface area contributed by atoms with E-state index in [1.807, 2.05) is 60.7 Å². The van der Waals surface area contributed by atoms with Gasteiger partial charge in [-0.2, -0.15) is 0 Å². The Balaban J connectivity index is 1.76. The molecular weight excluding hydrogens is 424 g/mol. The standard InChI is InChI=1S/C22H19BrOS2/c23-18-9-7-8-17(16-18)21(24)14-15-22(25-19-10-3-1-4-11-19)26-20-12-5-2-6-13-20/h1-13,15-16,21,24H,14H2/t21-/m1/s1. The summed E-state index contributed by atoms with van der Waals surface area (Å²) in [4.78, 5) is 2.39. The molecule has 26 heavy (non-hydrogen) atoms. The molecule has 0 unspecified atom stereocenters. The average Bonchev–Trinajstić information content (AvgIpc) is 2.67. The first-order valence-electron chi connectivity index (χ1n) is 8.30. The van der Waals surface area contributed by atoms with Crippen LogP contribution in [0, 0.1) is 0 Å². The Morgan fingerprint density at radius 2 is 1.42 bits per heavy atom. The molecule has 0 saturated carbocycles. The van der Waals surface area contributed by atoms with Gasteiger partial charge in [-0.1, -0.05) is 94.1 Å². The number of rotatable bonds is 7. The lowest BCUT2D eigenvalue weighted by molar-refractivity contribution is 0.181. The van der Waals surface area contributed by atoms with Crippen LogP contribution in [0.25, 0.3) is 0 Å². The quantitative estimate of drug-likeness (QED) is 0.387. The second kappa shape index (κ2) is 10.0. The van der Waals surface area contributed by atoms with Crippen molar-refractivity contribution in [3.8, 4) is 0 Å². The number of hydrogen-bond acceptors (Lipinski definition) is 3. The van der Waals surface area contributed by atoms with E-state index in [-0.39, 0.29) is 0 Å². The minimum Gasteiger partial charge on any atom is -0.388 e. The molecule has 132 valence electrons. The molecule has 3 aromatic carbocycles. The molecule has 0 radical (unpaired) electrons. The van der Waals surface area contributed by atoms with Crippen LogP contribution in [-0.4, -0.2) is 5.11 Å². The number of aliphatic hydroxyl groups excluding tert-OH is 1. The molecule has 0 aromatic heterocycles. The number of aliphatic hydroxyl groups is 1. The highest BCUT2D eigenvalue weighted by Gasteiger charge is 2.09. The van der Waals surface area contributed by atoms with Crippen molar-refractivity contribution in [1.82, 2.24) is 0 Å². The molecule has 1 N–H and O–H groups in total. The molecule has 0 spiro atoms. The van der Waals surface area contributed by atoms with Gasteiger partial charge in [-0.15, -0.1) is 0 Å². The summed E-state index contributed by atoms with van der Waals surface area (Å²) in [7, 11) is 0. The smallest absolute Gasteiger partial charge is 0.0825 e. The van der Waals surface area contributed by atoms with E-state index in [9.17, 15) is 5.11 Å². The van der Waals surface area contributed by atoms with Gasteiger partial charge in [0.2, 0.25) is 0 Å². The van der Waals surface area contributed by atoms with Crippen molar-refractivity contribution >= 4 is 39.5 Å². The zero-order valence-corrected chi connectivity index (χ0v) is 17.3. The topological polar surface area (TPSA) is 20.2 Å². The summed E-state index contributed by atoms with van der Waals surface area (Å²) >= 11 is 6.92. The Morgan fingerprint density at radius 3 is 1.96 bits per heavy atom.